The van der Waals surface area contributed by atoms with Crippen LogP contribution in [0.15, 0.2) is 56.9 Å². The zero-order valence-corrected chi connectivity index (χ0v) is 15.3. The van der Waals surface area contributed by atoms with Crippen molar-refractivity contribution in [2.45, 2.75) is 17.1 Å². The van der Waals surface area contributed by atoms with Gasteiger partial charge in [0, 0.05) is 14.9 Å². The van der Waals surface area contributed by atoms with Crippen molar-refractivity contribution in [3.05, 3.63) is 52.5 Å². The molecular weight excluding hydrogens is 392 g/mol. The van der Waals surface area contributed by atoms with Gasteiger partial charge in [0.1, 0.15) is 0 Å². The van der Waals surface area contributed by atoms with E-state index >= 15 is 0 Å². The Morgan fingerprint density at radius 1 is 1.29 bits per heavy atom. The van der Waals surface area contributed by atoms with Gasteiger partial charge < -0.3 is 9.47 Å². The highest BCUT2D eigenvalue weighted by Gasteiger charge is 2.16. The van der Waals surface area contributed by atoms with Crippen molar-refractivity contribution < 1.29 is 14.3 Å². The van der Waals surface area contributed by atoms with Crippen molar-refractivity contribution in [1.29, 1.82) is 0 Å². The number of nitrogens with zero attached hydrogens (tertiary/aromatic N) is 1. The molecule has 24 heavy (non-hydrogen) atoms. The highest BCUT2D eigenvalue weighted by atomic mass is 79.9. The van der Waals surface area contributed by atoms with E-state index in [-0.39, 0.29) is 18.0 Å². The van der Waals surface area contributed by atoms with Crippen LogP contribution in [-0.2, 0) is 4.79 Å². The number of carbonyl (C=O) groups excluding carboxylic acids is 1. The molecule has 2 aromatic carbocycles. The van der Waals surface area contributed by atoms with Crippen molar-refractivity contribution in [1.82, 2.24) is 5.43 Å². The lowest BCUT2D eigenvalue weighted by atomic mass is 10.2. The van der Waals surface area contributed by atoms with Gasteiger partial charge in [-0.05, 0) is 47.1 Å². The summed E-state index contributed by atoms with van der Waals surface area (Å²) in [5.74, 6) is 1.20. The van der Waals surface area contributed by atoms with Crippen LogP contribution in [0.5, 0.6) is 11.5 Å². The van der Waals surface area contributed by atoms with E-state index in [1.54, 1.807) is 6.21 Å². The summed E-state index contributed by atoms with van der Waals surface area (Å²) >= 11 is 4.93. The van der Waals surface area contributed by atoms with Crippen molar-refractivity contribution in [2.75, 3.05) is 6.79 Å². The maximum atomic E-state index is 12.1. The summed E-state index contributed by atoms with van der Waals surface area (Å²) < 4.78 is 11.4. The summed E-state index contributed by atoms with van der Waals surface area (Å²) in [6, 6.07) is 13.4. The van der Waals surface area contributed by atoms with Crippen molar-refractivity contribution in [3.8, 4) is 11.5 Å². The fourth-order valence-electron chi connectivity index (χ4n) is 2.04. The Hall–Kier alpha value is -1.99. The number of amides is 1. The monoisotopic (exact) mass is 406 g/mol. The van der Waals surface area contributed by atoms with E-state index in [9.17, 15) is 4.79 Å². The van der Waals surface area contributed by atoms with Crippen LogP contribution < -0.4 is 14.9 Å². The molecule has 0 radical (unpaired) electrons. The summed E-state index contributed by atoms with van der Waals surface area (Å²) in [6.07, 6.45) is 1.57. The Bertz CT molecular complexity index is 768. The number of carbonyl (C=O) groups is 1. The average molecular weight is 407 g/mol. The Morgan fingerprint density at radius 3 is 2.75 bits per heavy atom. The number of thioether (sulfide) groups is 1. The van der Waals surface area contributed by atoms with Gasteiger partial charge in [0.15, 0.2) is 11.5 Å². The van der Waals surface area contributed by atoms with E-state index in [0.29, 0.717) is 11.5 Å². The second-order valence-corrected chi connectivity index (χ2v) is 7.30. The van der Waals surface area contributed by atoms with E-state index in [4.69, 9.17) is 9.47 Å². The second kappa shape index (κ2) is 7.72. The lowest BCUT2D eigenvalue weighted by molar-refractivity contribution is -0.120. The van der Waals surface area contributed by atoms with Crippen LogP contribution >= 0.6 is 27.7 Å². The van der Waals surface area contributed by atoms with Crippen LogP contribution in [0.4, 0.5) is 0 Å². The molecule has 1 unspecified atom stereocenters. The molecule has 124 valence electrons. The number of hydrogen-bond donors (Lipinski definition) is 1. The fraction of sp³-hybridized carbons (Fsp3) is 0.176. The molecule has 3 rings (SSSR count). The van der Waals surface area contributed by atoms with Crippen LogP contribution in [0.2, 0.25) is 0 Å². The molecule has 0 aliphatic carbocycles. The number of benzene rings is 2. The number of nitrogens with one attached hydrogen (secondary N) is 1. The molecule has 1 amide bonds. The van der Waals surface area contributed by atoms with E-state index in [0.717, 1.165) is 14.9 Å². The van der Waals surface area contributed by atoms with Gasteiger partial charge in [-0.3, -0.25) is 4.79 Å². The van der Waals surface area contributed by atoms with Crippen molar-refractivity contribution in [3.63, 3.8) is 0 Å². The number of hydrazone groups is 1. The Balaban J connectivity index is 1.59. The third-order valence-corrected chi connectivity index (χ3v) is 5.09. The van der Waals surface area contributed by atoms with Gasteiger partial charge in [-0.25, -0.2) is 5.43 Å². The number of hydrogen-bond acceptors (Lipinski definition) is 5. The summed E-state index contributed by atoms with van der Waals surface area (Å²) in [5.41, 5.74) is 3.36. The van der Waals surface area contributed by atoms with E-state index in [1.165, 1.54) is 11.8 Å². The summed E-state index contributed by atoms with van der Waals surface area (Å²) in [7, 11) is 0. The van der Waals surface area contributed by atoms with Gasteiger partial charge in [-0.2, -0.15) is 5.10 Å². The third-order valence-electron chi connectivity index (χ3n) is 3.30. The molecule has 0 fully saturated rings. The Labute approximate surface area is 152 Å². The molecule has 0 spiro atoms. The number of halogens is 1. The van der Waals surface area contributed by atoms with Crippen LogP contribution in [0.25, 0.3) is 0 Å². The molecule has 0 aromatic heterocycles. The summed E-state index contributed by atoms with van der Waals surface area (Å²) in [5, 5.41) is 3.78. The zero-order valence-electron chi connectivity index (χ0n) is 12.9. The third kappa shape index (κ3) is 4.10. The van der Waals surface area contributed by atoms with Gasteiger partial charge in [0.25, 0.3) is 5.91 Å². The maximum Gasteiger partial charge on any atom is 0.253 e. The predicted molar refractivity (Wildman–Crippen MR) is 97.8 cm³/mol. The highest BCUT2D eigenvalue weighted by molar-refractivity contribution is 9.10. The maximum absolute atomic E-state index is 12.1. The molecule has 1 heterocycles. The molecule has 1 atom stereocenters. The van der Waals surface area contributed by atoms with Crippen LogP contribution in [0, 0.1) is 0 Å². The minimum atomic E-state index is -0.246. The molecule has 1 aliphatic heterocycles. The molecule has 5 nitrogen and oxygen atoms in total. The first-order chi connectivity index (χ1) is 11.6. The summed E-state index contributed by atoms with van der Waals surface area (Å²) in [4.78, 5) is 13.2. The smallest absolute Gasteiger partial charge is 0.253 e. The molecule has 1 aliphatic rings. The minimum absolute atomic E-state index is 0.156. The van der Waals surface area contributed by atoms with Crippen LogP contribution in [0.1, 0.15) is 12.5 Å². The molecule has 2 aromatic rings. The summed E-state index contributed by atoms with van der Waals surface area (Å²) in [6.45, 7) is 2.06. The SMILES string of the molecule is CC(Sc1ccccc1)C(=O)N/N=C\c1cc2c(cc1Br)OCO2. The lowest BCUT2D eigenvalue weighted by Gasteiger charge is -2.09. The quantitative estimate of drug-likeness (QED) is 0.465. The number of ether oxygens (including phenoxy) is 2. The van der Waals surface area contributed by atoms with Crippen molar-refractivity contribution in [2.24, 2.45) is 5.10 Å². The van der Waals surface area contributed by atoms with Crippen LogP contribution in [-0.4, -0.2) is 24.2 Å². The van der Waals surface area contributed by atoms with E-state index < -0.39 is 0 Å². The second-order valence-electron chi connectivity index (χ2n) is 5.03. The first-order valence-electron chi connectivity index (χ1n) is 7.27. The largest absolute Gasteiger partial charge is 0.454 e. The first-order valence-corrected chi connectivity index (χ1v) is 8.94. The molecule has 0 bridgehead atoms. The normalized spacial score (nSPS) is 13.9. The highest BCUT2D eigenvalue weighted by Crippen LogP contribution is 2.36. The molecule has 0 saturated heterocycles. The van der Waals surface area contributed by atoms with Gasteiger partial charge in [0.05, 0.1) is 11.5 Å². The van der Waals surface area contributed by atoms with E-state index in [2.05, 4.69) is 26.5 Å². The van der Waals surface area contributed by atoms with Crippen LogP contribution in [0.3, 0.4) is 0 Å². The first kappa shape index (κ1) is 16.9. The van der Waals surface area contributed by atoms with Crippen molar-refractivity contribution >= 4 is 39.8 Å². The molecule has 1 N–H and O–H groups in total. The minimum Gasteiger partial charge on any atom is -0.454 e. The fourth-order valence-corrected chi connectivity index (χ4v) is 3.35. The van der Waals surface area contributed by atoms with Gasteiger partial charge in [-0.15, -0.1) is 11.8 Å². The Morgan fingerprint density at radius 2 is 2.00 bits per heavy atom. The van der Waals surface area contributed by atoms with E-state index in [1.807, 2.05) is 49.4 Å². The van der Waals surface area contributed by atoms with Gasteiger partial charge in [0.2, 0.25) is 6.79 Å². The standard InChI is InChI=1S/C17H15BrN2O3S/c1-11(24-13-5-3-2-4-6-13)17(21)20-19-9-12-7-15-16(8-14(12)18)23-10-22-15/h2-9,11H,10H2,1H3,(H,20,21)/b19-9-. The molecular formula is C17H15BrN2O3S. The predicted octanol–water partition coefficient (Wildman–Crippen LogP) is 3.81. The van der Waals surface area contributed by atoms with Gasteiger partial charge >= 0.3 is 0 Å². The molecule has 0 saturated carbocycles. The average Bonchev–Trinajstić information content (AvgIpc) is 3.02. The lowest BCUT2D eigenvalue weighted by Crippen LogP contribution is -2.26. The molecule has 7 heteroatoms. The topological polar surface area (TPSA) is 59.9 Å². The van der Waals surface area contributed by atoms with Gasteiger partial charge in [-0.1, -0.05) is 18.2 Å². The Kier molecular flexibility index (Phi) is 5.42. The zero-order chi connectivity index (χ0) is 16.9. The number of fused-ring (bicyclic) bond motifs is 1. The number of rotatable bonds is 5.